The Kier molecular flexibility index (Phi) is 5.22. The summed E-state index contributed by atoms with van der Waals surface area (Å²) in [6, 6.07) is 1.16. The summed E-state index contributed by atoms with van der Waals surface area (Å²) in [4.78, 5) is 12.9. The van der Waals surface area contributed by atoms with Gasteiger partial charge in [-0.15, -0.1) is 0 Å². The van der Waals surface area contributed by atoms with Crippen LogP contribution in [0.4, 0.5) is 0 Å². The average Bonchev–Trinajstić information content (AvgIpc) is 2.20. The summed E-state index contributed by atoms with van der Waals surface area (Å²) >= 11 is 0. The molecule has 4 heteroatoms. The second-order valence-corrected chi connectivity index (χ2v) is 5.22. The Morgan fingerprint density at radius 1 is 1.38 bits per heavy atom. The Hall–Kier alpha value is -0.610. The van der Waals surface area contributed by atoms with Gasteiger partial charge in [0.05, 0.1) is 6.54 Å². The third-order valence-electron chi connectivity index (χ3n) is 3.47. The summed E-state index contributed by atoms with van der Waals surface area (Å²) in [6.45, 7) is 9.07. The first-order valence-corrected chi connectivity index (χ1v) is 6.25. The standard InChI is InChI=1S/C12H25N3O/c1-9(2)10(3)14-11-4-6-15(7-5-11)8-12(13)16/h9-11,14H,4-8H2,1-3H3,(H2,13,16). The zero-order chi connectivity index (χ0) is 12.1. The van der Waals surface area contributed by atoms with Gasteiger partial charge in [-0.3, -0.25) is 9.69 Å². The first kappa shape index (κ1) is 13.5. The summed E-state index contributed by atoms with van der Waals surface area (Å²) in [5.41, 5.74) is 5.18. The molecule has 94 valence electrons. The minimum atomic E-state index is -0.220. The summed E-state index contributed by atoms with van der Waals surface area (Å²) in [7, 11) is 0. The third kappa shape index (κ3) is 4.49. The molecular weight excluding hydrogens is 202 g/mol. The molecule has 3 N–H and O–H groups in total. The second kappa shape index (κ2) is 6.21. The minimum Gasteiger partial charge on any atom is -0.369 e. The molecule has 0 saturated carbocycles. The van der Waals surface area contributed by atoms with Crippen LogP contribution < -0.4 is 11.1 Å². The van der Waals surface area contributed by atoms with Gasteiger partial charge in [0.15, 0.2) is 0 Å². The Morgan fingerprint density at radius 2 is 1.94 bits per heavy atom. The van der Waals surface area contributed by atoms with E-state index < -0.39 is 0 Å². The molecule has 1 amide bonds. The van der Waals surface area contributed by atoms with Crippen molar-refractivity contribution >= 4 is 5.91 Å². The van der Waals surface area contributed by atoms with Crippen molar-refractivity contribution < 1.29 is 4.79 Å². The highest BCUT2D eigenvalue weighted by Gasteiger charge is 2.21. The van der Waals surface area contributed by atoms with Crippen molar-refractivity contribution in [1.29, 1.82) is 0 Å². The Morgan fingerprint density at radius 3 is 2.38 bits per heavy atom. The van der Waals surface area contributed by atoms with Crippen LogP contribution in [0.3, 0.4) is 0 Å². The molecule has 1 unspecified atom stereocenters. The van der Waals surface area contributed by atoms with Gasteiger partial charge in [0, 0.05) is 25.2 Å². The normalized spacial score (nSPS) is 21.2. The molecule has 0 aromatic heterocycles. The van der Waals surface area contributed by atoms with Gasteiger partial charge in [-0.05, 0) is 25.7 Å². The Bertz CT molecular complexity index is 222. The quantitative estimate of drug-likeness (QED) is 0.722. The number of hydrogen-bond acceptors (Lipinski definition) is 3. The number of piperidine rings is 1. The zero-order valence-electron chi connectivity index (χ0n) is 10.7. The molecule has 0 aliphatic carbocycles. The molecule has 0 aromatic rings. The van der Waals surface area contributed by atoms with Crippen LogP contribution in [0.15, 0.2) is 0 Å². The van der Waals surface area contributed by atoms with Crippen LogP contribution in [0.5, 0.6) is 0 Å². The Labute approximate surface area is 98.6 Å². The van der Waals surface area contributed by atoms with Crippen LogP contribution in [0, 0.1) is 5.92 Å². The highest BCUT2D eigenvalue weighted by Crippen LogP contribution is 2.12. The molecule has 1 saturated heterocycles. The molecule has 0 bridgehead atoms. The number of likely N-dealkylation sites (tertiary alicyclic amines) is 1. The van der Waals surface area contributed by atoms with Crippen LogP contribution in [-0.2, 0) is 4.79 Å². The topological polar surface area (TPSA) is 58.4 Å². The summed E-state index contributed by atoms with van der Waals surface area (Å²) < 4.78 is 0. The molecular formula is C12H25N3O. The van der Waals surface area contributed by atoms with E-state index in [0.29, 0.717) is 24.5 Å². The molecule has 1 heterocycles. The van der Waals surface area contributed by atoms with E-state index in [1.54, 1.807) is 0 Å². The smallest absolute Gasteiger partial charge is 0.231 e. The van der Waals surface area contributed by atoms with E-state index in [1.807, 2.05) is 0 Å². The van der Waals surface area contributed by atoms with Crippen LogP contribution in [-0.4, -0.2) is 42.5 Å². The van der Waals surface area contributed by atoms with Gasteiger partial charge in [0.2, 0.25) is 5.91 Å². The van der Waals surface area contributed by atoms with Gasteiger partial charge in [0.25, 0.3) is 0 Å². The van der Waals surface area contributed by atoms with Crippen LogP contribution in [0.2, 0.25) is 0 Å². The lowest BCUT2D eigenvalue weighted by molar-refractivity contribution is -0.119. The van der Waals surface area contributed by atoms with Gasteiger partial charge in [-0.1, -0.05) is 13.8 Å². The average molecular weight is 227 g/mol. The molecule has 0 aromatic carbocycles. The fraction of sp³-hybridized carbons (Fsp3) is 0.917. The van der Waals surface area contributed by atoms with Gasteiger partial charge < -0.3 is 11.1 Å². The van der Waals surface area contributed by atoms with Crippen molar-refractivity contribution in [3.63, 3.8) is 0 Å². The molecule has 1 rings (SSSR count). The van der Waals surface area contributed by atoms with E-state index >= 15 is 0 Å². The zero-order valence-corrected chi connectivity index (χ0v) is 10.7. The molecule has 16 heavy (non-hydrogen) atoms. The fourth-order valence-electron chi connectivity index (χ4n) is 2.04. The third-order valence-corrected chi connectivity index (χ3v) is 3.47. The summed E-state index contributed by atoms with van der Waals surface area (Å²) in [6.07, 6.45) is 2.23. The second-order valence-electron chi connectivity index (χ2n) is 5.22. The molecule has 0 radical (unpaired) electrons. The molecule has 1 fully saturated rings. The number of amides is 1. The number of hydrogen-bond donors (Lipinski definition) is 2. The summed E-state index contributed by atoms with van der Waals surface area (Å²) in [5, 5.41) is 3.65. The van der Waals surface area contributed by atoms with Crippen molar-refractivity contribution in [3.8, 4) is 0 Å². The van der Waals surface area contributed by atoms with E-state index in [4.69, 9.17) is 5.73 Å². The number of nitrogens with two attached hydrogens (primary N) is 1. The van der Waals surface area contributed by atoms with Gasteiger partial charge >= 0.3 is 0 Å². The number of primary amides is 1. The van der Waals surface area contributed by atoms with Crippen molar-refractivity contribution in [2.75, 3.05) is 19.6 Å². The lowest BCUT2D eigenvalue weighted by Crippen LogP contribution is -2.48. The SMILES string of the molecule is CC(C)C(C)NC1CCN(CC(N)=O)CC1. The largest absolute Gasteiger partial charge is 0.369 e. The lowest BCUT2D eigenvalue weighted by atomic mass is 10.0. The number of rotatable bonds is 5. The molecule has 1 atom stereocenters. The molecule has 1 aliphatic rings. The molecule has 1 aliphatic heterocycles. The highest BCUT2D eigenvalue weighted by atomic mass is 16.1. The molecule has 4 nitrogen and oxygen atoms in total. The monoisotopic (exact) mass is 227 g/mol. The van der Waals surface area contributed by atoms with Crippen molar-refractivity contribution in [2.45, 2.75) is 45.7 Å². The predicted octanol–water partition coefficient (Wildman–Crippen LogP) is 0.570. The number of nitrogens with zero attached hydrogens (tertiary/aromatic N) is 1. The Balaban J connectivity index is 2.24. The van der Waals surface area contributed by atoms with Crippen LogP contribution in [0.25, 0.3) is 0 Å². The van der Waals surface area contributed by atoms with E-state index in [1.165, 1.54) is 0 Å². The molecule has 0 spiro atoms. The van der Waals surface area contributed by atoms with Crippen molar-refractivity contribution in [3.05, 3.63) is 0 Å². The van der Waals surface area contributed by atoms with Gasteiger partial charge in [0.1, 0.15) is 0 Å². The van der Waals surface area contributed by atoms with Crippen molar-refractivity contribution in [1.82, 2.24) is 10.2 Å². The maximum atomic E-state index is 10.8. The maximum Gasteiger partial charge on any atom is 0.231 e. The van der Waals surface area contributed by atoms with Gasteiger partial charge in [-0.2, -0.15) is 0 Å². The van der Waals surface area contributed by atoms with Gasteiger partial charge in [-0.25, -0.2) is 0 Å². The van der Waals surface area contributed by atoms with E-state index in [2.05, 4.69) is 31.0 Å². The minimum absolute atomic E-state index is 0.220. The van der Waals surface area contributed by atoms with E-state index in [-0.39, 0.29) is 5.91 Å². The number of nitrogens with one attached hydrogen (secondary N) is 1. The van der Waals surface area contributed by atoms with Crippen LogP contribution >= 0.6 is 0 Å². The van der Waals surface area contributed by atoms with Crippen molar-refractivity contribution in [2.24, 2.45) is 11.7 Å². The first-order chi connectivity index (χ1) is 7.49. The number of carbonyl (C=O) groups excluding carboxylic acids is 1. The summed E-state index contributed by atoms with van der Waals surface area (Å²) in [5.74, 6) is 0.450. The lowest BCUT2D eigenvalue weighted by Gasteiger charge is -2.34. The predicted molar refractivity (Wildman–Crippen MR) is 66.1 cm³/mol. The van der Waals surface area contributed by atoms with E-state index in [9.17, 15) is 4.79 Å². The number of carbonyl (C=O) groups is 1. The fourth-order valence-corrected chi connectivity index (χ4v) is 2.04. The first-order valence-electron chi connectivity index (χ1n) is 6.25. The maximum absolute atomic E-state index is 10.8. The van der Waals surface area contributed by atoms with Crippen LogP contribution in [0.1, 0.15) is 33.6 Å². The highest BCUT2D eigenvalue weighted by molar-refractivity contribution is 5.75. The van der Waals surface area contributed by atoms with E-state index in [0.717, 1.165) is 25.9 Å².